The number of carbonyl (C=O) groups excluding carboxylic acids is 1. The molecule has 1 N–H and O–H groups in total. The lowest BCUT2D eigenvalue weighted by Gasteiger charge is -2.29. The van der Waals surface area contributed by atoms with Crippen molar-refractivity contribution in [1.82, 2.24) is 14.9 Å². The fraction of sp³-hybridized carbons (Fsp3) is 0.444. The number of aromatic nitrogens is 2. The van der Waals surface area contributed by atoms with Gasteiger partial charge in [0, 0.05) is 30.9 Å². The number of aryl methyl sites for hydroxylation is 1. The van der Waals surface area contributed by atoms with Crippen LogP contribution in [0.3, 0.4) is 0 Å². The first-order chi connectivity index (χ1) is 11.6. The van der Waals surface area contributed by atoms with Gasteiger partial charge in [-0.15, -0.1) is 0 Å². The van der Waals surface area contributed by atoms with Gasteiger partial charge in [0.15, 0.2) is 6.61 Å². The van der Waals surface area contributed by atoms with Crippen LogP contribution in [0, 0.1) is 12.7 Å². The highest BCUT2D eigenvalue weighted by Crippen LogP contribution is 2.33. The van der Waals surface area contributed by atoms with Crippen LogP contribution in [0.4, 0.5) is 4.39 Å². The Hall–Kier alpha value is -2.37. The number of imidazole rings is 1. The Morgan fingerprint density at radius 1 is 1.38 bits per heavy atom. The molecular weight excluding hydrogens is 309 g/mol. The fourth-order valence-electron chi connectivity index (χ4n) is 2.87. The average Bonchev–Trinajstić information content (AvgIpc) is 2.87. The van der Waals surface area contributed by atoms with Crippen LogP contribution >= 0.6 is 0 Å². The molecule has 0 atom stereocenters. The Kier molecular flexibility index (Phi) is 5.13. The summed E-state index contributed by atoms with van der Waals surface area (Å²) in [6.45, 7) is 2.51. The molecule has 0 aliphatic heterocycles. The van der Waals surface area contributed by atoms with E-state index >= 15 is 0 Å². The van der Waals surface area contributed by atoms with Crippen LogP contribution < -0.4 is 10.1 Å². The minimum atomic E-state index is -0.330. The quantitative estimate of drug-likeness (QED) is 0.849. The monoisotopic (exact) mass is 331 g/mol. The summed E-state index contributed by atoms with van der Waals surface area (Å²) in [4.78, 5) is 16.3. The summed E-state index contributed by atoms with van der Waals surface area (Å²) in [5.74, 6) is 0.974. The van der Waals surface area contributed by atoms with Crippen LogP contribution in [0.5, 0.6) is 5.75 Å². The van der Waals surface area contributed by atoms with Crippen molar-refractivity contribution in [2.75, 3.05) is 13.2 Å². The van der Waals surface area contributed by atoms with Crippen molar-refractivity contribution in [2.24, 2.45) is 0 Å². The number of amides is 1. The molecule has 1 heterocycles. The number of hydrogen-bond donors (Lipinski definition) is 1. The Bertz CT molecular complexity index is 693. The summed E-state index contributed by atoms with van der Waals surface area (Å²) in [5, 5.41) is 2.83. The number of hydrogen-bond acceptors (Lipinski definition) is 3. The predicted molar refractivity (Wildman–Crippen MR) is 88.5 cm³/mol. The van der Waals surface area contributed by atoms with E-state index in [0.29, 0.717) is 24.8 Å². The maximum absolute atomic E-state index is 12.8. The molecular formula is C18H22FN3O2. The Balaban J connectivity index is 1.43. The second-order valence-corrected chi connectivity index (χ2v) is 6.11. The van der Waals surface area contributed by atoms with E-state index in [9.17, 15) is 9.18 Å². The van der Waals surface area contributed by atoms with E-state index < -0.39 is 0 Å². The van der Waals surface area contributed by atoms with Crippen LogP contribution in [0.1, 0.15) is 36.8 Å². The number of ether oxygens (including phenoxy) is 1. The molecule has 1 saturated carbocycles. The molecule has 1 fully saturated rings. The zero-order valence-electron chi connectivity index (χ0n) is 13.8. The lowest BCUT2D eigenvalue weighted by Crippen LogP contribution is -2.31. The maximum Gasteiger partial charge on any atom is 0.257 e. The third-order valence-corrected chi connectivity index (χ3v) is 4.35. The highest BCUT2D eigenvalue weighted by atomic mass is 19.1. The van der Waals surface area contributed by atoms with Crippen molar-refractivity contribution in [3.8, 4) is 5.75 Å². The number of rotatable bonds is 7. The van der Waals surface area contributed by atoms with E-state index in [2.05, 4.69) is 21.8 Å². The van der Waals surface area contributed by atoms with Gasteiger partial charge < -0.3 is 14.6 Å². The van der Waals surface area contributed by atoms with Crippen molar-refractivity contribution in [3.63, 3.8) is 0 Å². The highest BCUT2D eigenvalue weighted by Gasteiger charge is 2.23. The summed E-state index contributed by atoms with van der Waals surface area (Å²) >= 11 is 0. The molecule has 128 valence electrons. The van der Waals surface area contributed by atoms with Crippen LogP contribution in [0.2, 0.25) is 0 Å². The number of halogens is 1. The van der Waals surface area contributed by atoms with Gasteiger partial charge in [-0.2, -0.15) is 0 Å². The van der Waals surface area contributed by atoms with Crippen molar-refractivity contribution in [1.29, 1.82) is 0 Å². The molecule has 1 amide bonds. The highest BCUT2D eigenvalue weighted by molar-refractivity contribution is 5.77. The van der Waals surface area contributed by atoms with Gasteiger partial charge in [0.1, 0.15) is 17.4 Å². The van der Waals surface area contributed by atoms with Gasteiger partial charge in [0.25, 0.3) is 5.91 Å². The molecule has 0 radical (unpaired) electrons. The first kappa shape index (κ1) is 16.5. The lowest BCUT2D eigenvalue weighted by atomic mass is 9.92. The van der Waals surface area contributed by atoms with Crippen LogP contribution in [0.15, 0.2) is 30.5 Å². The van der Waals surface area contributed by atoms with Crippen molar-refractivity contribution < 1.29 is 13.9 Å². The molecule has 5 nitrogen and oxygen atoms in total. The van der Waals surface area contributed by atoms with Crippen molar-refractivity contribution in [3.05, 3.63) is 47.8 Å². The summed E-state index contributed by atoms with van der Waals surface area (Å²) in [6.07, 6.45) is 6.29. The third-order valence-electron chi connectivity index (χ3n) is 4.35. The van der Waals surface area contributed by atoms with Gasteiger partial charge in [-0.3, -0.25) is 4.79 Å². The van der Waals surface area contributed by atoms with Gasteiger partial charge >= 0.3 is 0 Å². The zero-order chi connectivity index (χ0) is 16.9. The molecule has 3 rings (SSSR count). The molecule has 6 heteroatoms. The van der Waals surface area contributed by atoms with E-state index in [-0.39, 0.29) is 18.3 Å². The maximum atomic E-state index is 12.8. The second kappa shape index (κ2) is 7.47. The molecule has 0 saturated heterocycles. The summed E-state index contributed by atoms with van der Waals surface area (Å²) in [6, 6.07) is 6.17. The van der Waals surface area contributed by atoms with E-state index in [1.54, 1.807) is 0 Å². The smallest absolute Gasteiger partial charge is 0.257 e. The molecule has 0 spiro atoms. The molecule has 24 heavy (non-hydrogen) atoms. The molecule has 1 aromatic heterocycles. The minimum absolute atomic E-state index is 0.0816. The average molecular weight is 331 g/mol. The first-order valence-corrected chi connectivity index (χ1v) is 8.31. The summed E-state index contributed by atoms with van der Waals surface area (Å²) < 4.78 is 20.4. The molecule has 2 aromatic rings. The lowest BCUT2D eigenvalue weighted by molar-refractivity contribution is -0.123. The van der Waals surface area contributed by atoms with Gasteiger partial charge in [-0.05, 0) is 50.5 Å². The minimum Gasteiger partial charge on any atom is -0.484 e. The number of nitrogens with zero attached hydrogens (tertiary/aromatic N) is 2. The number of nitrogens with one attached hydrogen (secondary N) is 1. The second-order valence-electron chi connectivity index (χ2n) is 6.11. The molecule has 1 aromatic carbocycles. The van der Waals surface area contributed by atoms with Crippen LogP contribution in [-0.2, 0) is 11.2 Å². The SMILES string of the molecule is Cc1cnc(CCNC(=O)COc2ccc(F)cc2)n1C1CCC1. The first-order valence-electron chi connectivity index (χ1n) is 8.31. The van der Waals surface area contributed by atoms with Gasteiger partial charge in [0.2, 0.25) is 0 Å². The molecule has 0 bridgehead atoms. The van der Waals surface area contributed by atoms with Gasteiger partial charge in [-0.25, -0.2) is 9.37 Å². The fourth-order valence-corrected chi connectivity index (χ4v) is 2.87. The van der Waals surface area contributed by atoms with Crippen molar-refractivity contribution in [2.45, 2.75) is 38.6 Å². The van der Waals surface area contributed by atoms with Crippen LogP contribution in [-0.4, -0.2) is 28.6 Å². The Morgan fingerprint density at radius 2 is 2.12 bits per heavy atom. The molecule has 1 aliphatic carbocycles. The van der Waals surface area contributed by atoms with Crippen molar-refractivity contribution >= 4 is 5.91 Å². The standard InChI is InChI=1S/C18H22FN3O2/c1-13-11-21-17(22(13)15-3-2-4-15)9-10-20-18(23)12-24-16-7-5-14(19)6-8-16/h5-8,11,15H,2-4,9-10,12H2,1H3,(H,20,23). The van der Waals surface area contributed by atoms with E-state index in [0.717, 1.165) is 5.82 Å². The van der Waals surface area contributed by atoms with E-state index in [1.165, 1.54) is 49.2 Å². The molecule has 1 aliphatic rings. The Labute approximate surface area is 140 Å². The van der Waals surface area contributed by atoms with Gasteiger partial charge in [-0.1, -0.05) is 0 Å². The zero-order valence-corrected chi connectivity index (χ0v) is 13.8. The third kappa shape index (κ3) is 3.93. The van der Waals surface area contributed by atoms with Crippen LogP contribution in [0.25, 0.3) is 0 Å². The summed E-state index contributed by atoms with van der Waals surface area (Å²) in [5.41, 5.74) is 1.18. The van der Waals surface area contributed by atoms with E-state index in [4.69, 9.17) is 4.74 Å². The largest absolute Gasteiger partial charge is 0.484 e. The topological polar surface area (TPSA) is 56.1 Å². The Morgan fingerprint density at radius 3 is 2.79 bits per heavy atom. The van der Waals surface area contributed by atoms with E-state index in [1.807, 2.05) is 6.20 Å². The van der Waals surface area contributed by atoms with Gasteiger partial charge in [0.05, 0.1) is 0 Å². The number of carbonyl (C=O) groups is 1. The number of benzene rings is 1. The normalized spacial score (nSPS) is 14.2. The predicted octanol–water partition coefficient (Wildman–Crippen LogP) is 2.79. The summed E-state index contributed by atoms with van der Waals surface area (Å²) in [7, 11) is 0. The molecule has 0 unspecified atom stereocenters.